The Balaban J connectivity index is 1.85. The highest BCUT2D eigenvalue weighted by molar-refractivity contribution is 7.11. The van der Waals surface area contributed by atoms with Crippen LogP contribution in [0.3, 0.4) is 0 Å². The molecule has 0 radical (unpaired) electrons. The standard InChI is InChI=1S/C22H13ClN4O2S/c23-19-16(11-6-12-24-19)26-22-27(13-7-2-1-3-8-13)21(29)18(30-22)17-14-9-4-5-10-15(14)25-20(17)28/h1-12,29H. The van der Waals surface area contributed by atoms with E-state index in [0.29, 0.717) is 37.2 Å². The van der Waals surface area contributed by atoms with Crippen molar-refractivity contribution >= 4 is 40.1 Å². The Bertz CT molecular complexity index is 1490. The summed E-state index contributed by atoms with van der Waals surface area (Å²) in [5.74, 6) is -0.473. The molecule has 2 aromatic heterocycles. The molecule has 0 unspecified atom stereocenters. The Morgan fingerprint density at radius 3 is 2.57 bits per heavy atom. The van der Waals surface area contributed by atoms with Crippen molar-refractivity contribution in [1.29, 1.82) is 0 Å². The molecule has 5 rings (SSSR count). The van der Waals surface area contributed by atoms with E-state index in [1.807, 2.05) is 48.5 Å². The van der Waals surface area contributed by atoms with Gasteiger partial charge in [0.1, 0.15) is 10.6 Å². The van der Waals surface area contributed by atoms with Gasteiger partial charge in [-0.15, -0.1) is 0 Å². The van der Waals surface area contributed by atoms with Gasteiger partial charge in [-0.05, 0) is 30.3 Å². The normalized spacial score (nSPS) is 13.4. The SMILES string of the molecule is O=C1N=c2ccccc2=C1c1sc(=Nc2cccnc2Cl)n(-c2ccccc2)c1O. The maximum Gasteiger partial charge on any atom is 0.279 e. The second-order valence-corrected chi connectivity index (χ2v) is 7.78. The molecule has 6 nitrogen and oxygen atoms in total. The van der Waals surface area contributed by atoms with Gasteiger partial charge in [-0.25, -0.2) is 15.0 Å². The number of rotatable bonds is 3. The zero-order chi connectivity index (χ0) is 20.7. The number of fused-ring (bicyclic) bond motifs is 1. The highest BCUT2D eigenvalue weighted by atomic mass is 35.5. The number of thiazole rings is 1. The van der Waals surface area contributed by atoms with E-state index in [2.05, 4.69) is 15.0 Å². The zero-order valence-electron chi connectivity index (χ0n) is 15.4. The van der Waals surface area contributed by atoms with Gasteiger partial charge >= 0.3 is 0 Å². The van der Waals surface area contributed by atoms with E-state index in [9.17, 15) is 9.90 Å². The molecule has 146 valence electrons. The molecule has 0 saturated carbocycles. The van der Waals surface area contributed by atoms with Crippen LogP contribution in [-0.2, 0) is 4.79 Å². The van der Waals surface area contributed by atoms with Crippen LogP contribution in [0, 0.1) is 0 Å². The van der Waals surface area contributed by atoms with Crippen LogP contribution in [0.4, 0.5) is 5.69 Å². The Labute approximate surface area is 179 Å². The van der Waals surface area contributed by atoms with Gasteiger partial charge in [0, 0.05) is 11.4 Å². The summed E-state index contributed by atoms with van der Waals surface area (Å²) in [6.07, 6.45) is 1.58. The first kappa shape index (κ1) is 18.5. The predicted octanol–water partition coefficient (Wildman–Crippen LogP) is 2.88. The third-order valence-electron chi connectivity index (χ3n) is 4.61. The third-order valence-corrected chi connectivity index (χ3v) is 5.94. The van der Waals surface area contributed by atoms with E-state index >= 15 is 0 Å². The number of aromatic nitrogens is 2. The lowest BCUT2D eigenvalue weighted by molar-refractivity contribution is -0.112. The van der Waals surface area contributed by atoms with Crippen LogP contribution in [0.25, 0.3) is 11.3 Å². The summed E-state index contributed by atoms with van der Waals surface area (Å²) < 4.78 is 1.59. The van der Waals surface area contributed by atoms with E-state index < -0.39 is 0 Å². The van der Waals surface area contributed by atoms with E-state index in [-0.39, 0.29) is 16.9 Å². The second kappa shape index (κ2) is 7.37. The van der Waals surface area contributed by atoms with Crippen LogP contribution in [0.1, 0.15) is 4.88 Å². The molecular weight excluding hydrogens is 420 g/mol. The first-order valence-electron chi connectivity index (χ1n) is 9.02. The van der Waals surface area contributed by atoms with Crippen LogP contribution >= 0.6 is 22.9 Å². The highest BCUT2D eigenvalue weighted by Gasteiger charge is 2.26. The van der Waals surface area contributed by atoms with Crippen molar-refractivity contribution in [3.05, 3.63) is 98.3 Å². The summed E-state index contributed by atoms with van der Waals surface area (Å²) in [6, 6.07) is 20.0. The molecular formula is C22H13ClN4O2S. The van der Waals surface area contributed by atoms with Gasteiger partial charge < -0.3 is 5.11 Å². The molecule has 0 atom stereocenters. The number of hydrogen-bond acceptors (Lipinski definition) is 5. The summed E-state index contributed by atoms with van der Waals surface area (Å²) >= 11 is 7.38. The number of carbonyl (C=O) groups excluding carboxylic acids is 1. The van der Waals surface area contributed by atoms with Gasteiger partial charge in [0.15, 0.2) is 9.95 Å². The molecule has 1 aliphatic heterocycles. The summed E-state index contributed by atoms with van der Waals surface area (Å²) in [7, 11) is 0. The summed E-state index contributed by atoms with van der Waals surface area (Å²) in [5, 5.41) is 12.7. The minimum atomic E-state index is -0.390. The average Bonchev–Trinajstić information content (AvgIpc) is 3.25. The van der Waals surface area contributed by atoms with Crippen LogP contribution in [0.2, 0.25) is 5.15 Å². The lowest BCUT2D eigenvalue weighted by Crippen LogP contribution is -2.22. The van der Waals surface area contributed by atoms with Gasteiger partial charge in [0.05, 0.1) is 16.6 Å². The number of carbonyl (C=O) groups is 1. The molecule has 1 aliphatic rings. The quantitative estimate of drug-likeness (QED) is 0.505. The Hall–Kier alpha value is -3.55. The van der Waals surface area contributed by atoms with Crippen LogP contribution in [-0.4, -0.2) is 20.6 Å². The third kappa shape index (κ3) is 3.04. The van der Waals surface area contributed by atoms with Crippen molar-refractivity contribution in [3.8, 4) is 11.6 Å². The molecule has 0 spiro atoms. The zero-order valence-corrected chi connectivity index (χ0v) is 16.9. The summed E-state index contributed by atoms with van der Waals surface area (Å²) in [6.45, 7) is 0. The highest BCUT2D eigenvalue weighted by Crippen LogP contribution is 2.31. The maximum absolute atomic E-state index is 12.7. The van der Waals surface area contributed by atoms with Crippen LogP contribution in [0.5, 0.6) is 5.88 Å². The Kier molecular flexibility index (Phi) is 4.54. The molecule has 8 heteroatoms. The van der Waals surface area contributed by atoms with Gasteiger partial charge in [-0.2, -0.15) is 0 Å². The minimum absolute atomic E-state index is 0.0831. The maximum atomic E-state index is 12.7. The minimum Gasteiger partial charge on any atom is -0.493 e. The van der Waals surface area contributed by atoms with Crippen LogP contribution < -0.4 is 15.4 Å². The lowest BCUT2D eigenvalue weighted by atomic mass is 10.1. The number of para-hydroxylation sites is 2. The van der Waals surface area contributed by atoms with E-state index in [1.165, 1.54) is 11.3 Å². The number of aromatic hydroxyl groups is 1. The number of pyridine rings is 1. The lowest BCUT2D eigenvalue weighted by Gasteiger charge is -2.05. The second-order valence-electron chi connectivity index (χ2n) is 6.44. The van der Waals surface area contributed by atoms with Gasteiger partial charge in [0.25, 0.3) is 5.91 Å². The first-order chi connectivity index (χ1) is 14.6. The van der Waals surface area contributed by atoms with E-state index in [0.717, 1.165) is 0 Å². The Morgan fingerprint density at radius 2 is 1.77 bits per heavy atom. The summed E-state index contributed by atoms with van der Waals surface area (Å²) in [4.78, 5) is 26.3. The monoisotopic (exact) mass is 432 g/mol. The van der Waals surface area contributed by atoms with Crippen molar-refractivity contribution in [2.45, 2.75) is 0 Å². The number of nitrogens with zero attached hydrogens (tertiary/aromatic N) is 4. The van der Waals surface area contributed by atoms with E-state index in [4.69, 9.17) is 11.6 Å². The predicted molar refractivity (Wildman–Crippen MR) is 115 cm³/mol. The molecule has 1 N–H and O–H groups in total. The fourth-order valence-corrected chi connectivity index (χ4v) is 4.52. The topological polar surface area (TPSA) is 79.8 Å². The smallest absolute Gasteiger partial charge is 0.279 e. The van der Waals surface area contributed by atoms with Gasteiger partial charge in [-0.3, -0.25) is 9.36 Å². The molecule has 4 aromatic rings. The van der Waals surface area contributed by atoms with Crippen LogP contribution in [0.15, 0.2) is 82.9 Å². The first-order valence-corrected chi connectivity index (χ1v) is 10.2. The molecule has 0 bridgehead atoms. The average molecular weight is 433 g/mol. The number of halogens is 1. The van der Waals surface area contributed by atoms with E-state index in [1.54, 1.807) is 29.0 Å². The molecule has 1 amide bonds. The molecule has 30 heavy (non-hydrogen) atoms. The number of amides is 1. The van der Waals surface area contributed by atoms with Crippen molar-refractivity contribution < 1.29 is 9.90 Å². The largest absolute Gasteiger partial charge is 0.493 e. The molecule has 0 fully saturated rings. The number of hydrogen-bond donors (Lipinski definition) is 1. The Morgan fingerprint density at radius 1 is 1.00 bits per heavy atom. The van der Waals surface area contributed by atoms with Gasteiger partial charge in [0.2, 0.25) is 5.88 Å². The van der Waals surface area contributed by atoms with Crippen molar-refractivity contribution in [2.24, 2.45) is 9.98 Å². The molecule has 0 aliphatic carbocycles. The molecule has 2 aromatic carbocycles. The van der Waals surface area contributed by atoms with Crippen molar-refractivity contribution in [1.82, 2.24) is 9.55 Å². The number of benzene rings is 2. The molecule has 3 heterocycles. The van der Waals surface area contributed by atoms with Crippen molar-refractivity contribution in [3.63, 3.8) is 0 Å². The van der Waals surface area contributed by atoms with Gasteiger partial charge in [-0.1, -0.05) is 59.3 Å². The fraction of sp³-hybridized carbons (Fsp3) is 0. The van der Waals surface area contributed by atoms with Crippen molar-refractivity contribution in [2.75, 3.05) is 0 Å². The summed E-state index contributed by atoms with van der Waals surface area (Å²) in [5.41, 5.74) is 1.52. The molecule has 0 saturated heterocycles. The fourth-order valence-electron chi connectivity index (χ4n) is 3.27.